The van der Waals surface area contributed by atoms with Crippen molar-refractivity contribution >= 4 is 0 Å². The van der Waals surface area contributed by atoms with Gasteiger partial charge in [-0.15, -0.1) is 0 Å². The molecule has 0 saturated heterocycles. The van der Waals surface area contributed by atoms with Crippen LogP contribution in [0.15, 0.2) is 12.3 Å². The second-order valence-electron chi connectivity index (χ2n) is 8.95. The summed E-state index contributed by atoms with van der Waals surface area (Å²) in [7, 11) is 0. The van der Waals surface area contributed by atoms with Crippen LogP contribution < -0.4 is 0 Å². The lowest BCUT2D eigenvalue weighted by molar-refractivity contribution is 0.0401. The second-order valence-corrected chi connectivity index (χ2v) is 8.95. The fourth-order valence-corrected chi connectivity index (χ4v) is 4.80. The summed E-state index contributed by atoms with van der Waals surface area (Å²) in [5.74, 6) is 7.24. The van der Waals surface area contributed by atoms with Gasteiger partial charge in [0.1, 0.15) is 0 Å². The van der Waals surface area contributed by atoms with Crippen LogP contribution in [-0.2, 0) is 4.74 Å². The first-order chi connectivity index (χ1) is 10.3. The van der Waals surface area contributed by atoms with Gasteiger partial charge in [-0.25, -0.2) is 0 Å². The van der Waals surface area contributed by atoms with Gasteiger partial charge in [0, 0.05) is 5.92 Å². The zero-order valence-electron chi connectivity index (χ0n) is 15.8. The molecule has 2 saturated carbocycles. The van der Waals surface area contributed by atoms with Gasteiger partial charge in [-0.05, 0) is 67.1 Å². The Bertz CT molecular complexity index is 374. The molecule has 22 heavy (non-hydrogen) atoms. The van der Waals surface area contributed by atoms with Crippen LogP contribution in [0.3, 0.4) is 0 Å². The number of ether oxygens (including phenoxy) is 1. The molecule has 0 heterocycles. The normalized spacial score (nSPS) is 46.3. The molecule has 0 aliphatic heterocycles. The lowest BCUT2D eigenvalue weighted by Crippen LogP contribution is -2.32. The first-order valence-electron chi connectivity index (χ1n) is 9.61. The molecular weight excluding hydrogens is 268 g/mol. The Kier molecular flexibility index (Phi) is 6.02. The number of allylic oxidation sites excluding steroid dienone is 1. The monoisotopic (exact) mass is 306 g/mol. The number of hydrogen-bond donors (Lipinski definition) is 0. The minimum Gasteiger partial charge on any atom is -0.498 e. The first-order valence-corrected chi connectivity index (χ1v) is 9.61. The Morgan fingerprint density at radius 1 is 0.727 bits per heavy atom. The molecule has 2 rings (SSSR count). The van der Waals surface area contributed by atoms with E-state index in [1.807, 2.05) is 0 Å². The van der Waals surface area contributed by atoms with E-state index in [0.29, 0.717) is 5.92 Å². The van der Waals surface area contributed by atoms with Crippen LogP contribution >= 0.6 is 0 Å². The maximum atomic E-state index is 6.23. The summed E-state index contributed by atoms with van der Waals surface area (Å²) in [5.41, 5.74) is 0. The molecule has 0 aromatic rings. The smallest absolute Gasteiger partial charge is 0.0921 e. The summed E-state index contributed by atoms with van der Waals surface area (Å²) in [6, 6.07) is 0. The summed E-state index contributed by atoms with van der Waals surface area (Å²) in [4.78, 5) is 0. The van der Waals surface area contributed by atoms with Crippen molar-refractivity contribution in [3.05, 3.63) is 12.3 Å². The highest BCUT2D eigenvalue weighted by atomic mass is 16.5. The minimum absolute atomic E-state index is 0.571. The van der Waals surface area contributed by atoms with E-state index < -0.39 is 0 Å². The third-order valence-electron chi connectivity index (χ3n) is 7.12. The Hall–Kier alpha value is -0.460. The molecule has 8 atom stereocenters. The molecule has 0 radical (unpaired) electrons. The van der Waals surface area contributed by atoms with Crippen molar-refractivity contribution in [3.63, 3.8) is 0 Å². The van der Waals surface area contributed by atoms with E-state index in [9.17, 15) is 0 Å². The number of rotatable bonds is 4. The van der Waals surface area contributed by atoms with Gasteiger partial charge in [0.15, 0.2) is 0 Å². The predicted octanol–water partition coefficient (Wildman–Crippen LogP) is 6.15. The lowest BCUT2D eigenvalue weighted by Gasteiger charge is -2.40. The van der Waals surface area contributed by atoms with Crippen molar-refractivity contribution in [3.8, 4) is 0 Å². The lowest BCUT2D eigenvalue weighted by atomic mass is 9.69. The van der Waals surface area contributed by atoms with E-state index in [2.05, 4.69) is 48.1 Å². The Balaban J connectivity index is 1.84. The maximum Gasteiger partial charge on any atom is 0.0921 e. The standard InChI is InChI=1S/C21H38O/c1-13-8-17(5)20(10-15(13)3)12-22-19(7)21-11-16(4)14(2)9-18(21)6/h13-18,20-21H,7-12H2,1-6H3. The topological polar surface area (TPSA) is 9.23 Å². The average Bonchev–Trinajstić information content (AvgIpc) is 2.45. The molecule has 2 fully saturated rings. The molecule has 0 bridgehead atoms. The van der Waals surface area contributed by atoms with Gasteiger partial charge in [-0.2, -0.15) is 0 Å². The highest BCUT2D eigenvalue weighted by molar-refractivity contribution is 4.98. The SMILES string of the molecule is C=C(OCC1CC(C)C(C)CC1C)C1CC(C)C(C)CC1C. The van der Waals surface area contributed by atoms with Crippen molar-refractivity contribution in [2.75, 3.05) is 6.61 Å². The molecule has 1 nitrogen and oxygen atoms in total. The van der Waals surface area contributed by atoms with E-state index in [1.54, 1.807) is 0 Å². The number of hydrogen-bond acceptors (Lipinski definition) is 1. The summed E-state index contributed by atoms with van der Waals surface area (Å²) < 4.78 is 6.23. The fraction of sp³-hybridized carbons (Fsp3) is 0.905. The van der Waals surface area contributed by atoms with Crippen LogP contribution in [-0.4, -0.2) is 6.61 Å². The van der Waals surface area contributed by atoms with E-state index in [-0.39, 0.29) is 0 Å². The largest absolute Gasteiger partial charge is 0.498 e. The van der Waals surface area contributed by atoms with Crippen molar-refractivity contribution in [1.29, 1.82) is 0 Å². The molecule has 0 aromatic carbocycles. The zero-order valence-corrected chi connectivity index (χ0v) is 15.8. The van der Waals surface area contributed by atoms with Gasteiger partial charge in [-0.3, -0.25) is 0 Å². The van der Waals surface area contributed by atoms with Crippen molar-refractivity contribution in [1.82, 2.24) is 0 Å². The molecule has 128 valence electrons. The molecule has 0 aromatic heterocycles. The molecule has 2 aliphatic rings. The fourth-order valence-electron chi connectivity index (χ4n) is 4.80. The Morgan fingerprint density at radius 3 is 1.86 bits per heavy atom. The minimum atomic E-state index is 0.571. The highest BCUT2D eigenvalue weighted by Gasteiger charge is 2.34. The molecular formula is C21H38O. The van der Waals surface area contributed by atoms with Crippen molar-refractivity contribution in [2.24, 2.45) is 47.3 Å². The van der Waals surface area contributed by atoms with E-state index in [1.165, 1.54) is 25.7 Å². The summed E-state index contributed by atoms with van der Waals surface area (Å²) in [6.45, 7) is 19.6. The van der Waals surface area contributed by atoms with E-state index in [4.69, 9.17) is 4.74 Å². The summed E-state index contributed by atoms with van der Waals surface area (Å²) >= 11 is 0. The van der Waals surface area contributed by atoms with Gasteiger partial charge < -0.3 is 4.74 Å². The van der Waals surface area contributed by atoms with Crippen molar-refractivity contribution < 1.29 is 4.74 Å². The van der Waals surface area contributed by atoms with Gasteiger partial charge in [0.25, 0.3) is 0 Å². The third-order valence-corrected chi connectivity index (χ3v) is 7.12. The highest BCUT2D eigenvalue weighted by Crippen LogP contribution is 2.42. The first kappa shape index (κ1) is 17.9. The average molecular weight is 307 g/mol. The molecule has 2 aliphatic carbocycles. The van der Waals surface area contributed by atoms with Gasteiger partial charge in [0.05, 0.1) is 12.4 Å². The quantitative estimate of drug-likeness (QED) is 0.566. The molecule has 0 N–H and O–H groups in total. The molecule has 8 unspecified atom stereocenters. The van der Waals surface area contributed by atoms with E-state index in [0.717, 1.165) is 53.8 Å². The van der Waals surface area contributed by atoms with Crippen LogP contribution in [0.25, 0.3) is 0 Å². The summed E-state index contributed by atoms with van der Waals surface area (Å²) in [5, 5.41) is 0. The van der Waals surface area contributed by atoms with Crippen LogP contribution in [0.1, 0.15) is 67.2 Å². The van der Waals surface area contributed by atoms with Crippen LogP contribution in [0.2, 0.25) is 0 Å². The summed E-state index contributed by atoms with van der Waals surface area (Å²) in [6.07, 6.45) is 5.26. The molecule has 0 spiro atoms. The maximum absolute atomic E-state index is 6.23. The van der Waals surface area contributed by atoms with Gasteiger partial charge >= 0.3 is 0 Å². The predicted molar refractivity (Wildman–Crippen MR) is 95.5 cm³/mol. The second kappa shape index (κ2) is 7.41. The molecule has 0 amide bonds. The zero-order chi connectivity index (χ0) is 16.4. The van der Waals surface area contributed by atoms with Crippen molar-refractivity contribution in [2.45, 2.75) is 67.2 Å². The Labute approximate surface area is 138 Å². The van der Waals surface area contributed by atoms with E-state index >= 15 is 0 Å². The third kappa shape index (κ3) is 4.09. The van der Waals surface area contributed by atoms with Crippen LogP contribution in [0.4, 0.5) is 0 Å². The Morgan fingerprint density at radius 2 is 1.23 bits per heavy atom. The van der Waals surface area contributed by atoms with Gasteiger partial charge in [-0.1, -0.05) is 48.1 Å². The molecule has 1 heteroatoms. The van der Waals surface area contributed by atoms with Crippen LogP contribution in [0, 0.1) is 47.3 Å². The van der Waals surface area contributed by atoms with Gasteiger partial charge in [0.2, 0.25) is 0 Å². The van der Waals surface area contributed by atoms with Crippen LogP contribution in [0.5, 0.6) is 0 Å².